The van der Waals surface area contributed by atoms with Gasteiger partial charge >= 0.3 is 0 Å². The van der Waals surface area contributed by atoms with E-state index in [0.29, 0.717) is 18.1 Å². The zero-order valence-corrected chi connectivity index (χ0v) is 15.5. The third-order valence-electron chi connectivity index (χ3n) is 6.89. The second-order valence-electron chi connectivity index (χ2n) is 9.55. The minimum atomic E-state index is 0.0979. The first-order chi connectivity index (χ1) is 11.8. The molecule has 2 aromatic rings. The Bertz CT molecular complexity index is 940. The van der Waals surface area contributed by atoms with Gasteiger partial charge in [0, 0.05) is 18.3 Å². The molecule has 128 valence electrons. The summed E-state index contributed by atoms with van der Waals surface area (Å²) in [5.74, 6) is 1.08. The predicted molar refractivity (Wildman–Crippen MR) is 103 cm³/mol. The van der Waals surface area contributed by atoms with Crippen molar-refractivity contribution >= 4 is 16.6 Å². The standard InChI is InChI=1S/C24H26O/c1-23(2,3)19-7-5-16-9-18-11-21(25)14-24(22(18)12-17(16)10-19)13-15-4-6-20(24)8-15/h4-5,7,9-10,12,20H,6,8,11,13-14H2,1-3H3. The molecule has 0 aromatic heterocycles. The number of hydrogen-bond acceptors (Lipinski definition) is 1. The highest BCUT2D eigenvalue weighted by atomic mass is 16.1. The molecule has 0 saturated heterocycles. The Labute approximate surface area is 150 Å². The number of allylic oxidation sites excluding steroid dienone is 2. The lowest BCUT2D eigenvalue weighted by molar-refractivity contribution is -0.120. The predicted octanol–water partition coefficient (Wildman–Crippen LogP) is 5.63. The van der Waals surface area contributed by atoms with Gasteiger partial charge in [0.25, 0.3) is 0 Å². The van der Waals surface area contributed by atoms with Crippen LogP contribution in [0.3, 0.4) is 0 Å². The van der Waals surface area contributed by atoms with Gasteiger partial charge in [0.15, 0.2) is 0 Å². The minimum absolute atomic E-state index is 0.0979. The lowest BCUT2D eigenvalue weighted by atomic mass is 9.62. The van der Waals surface area contributed by atoms with Crippen LogP contribution in [0.2, 0.25) is 0 Å². The molecule has 0 radical (unpaired) electrons. The highest BCUT2D eigenvalue weighted by Crippen LogP contribution is 2.58. The molecule has 25 heavy (non-hydrogen) atoms. The van der Waals surface area contributed by atoms with Crippen LogP contribution in [0.4, 0.5) is 0 Å². The maximum Gasteiger partial charge on any atom is 0.138 e. The van der Waals surface area contributed by atoms with Crippen LogP contribution in [0.1, 0.15) is 63.1 Å². The zero-order chi connectivity index (χ0) is 17.4. The second kappa shape index (κ2) is 4.84. The molecular formula is C24H26O. The molecule has 5 rings (SSSR count). The van der Waals surface area contributed by atoms with E-state index in [0.717, 1.165) is 12.8 Å². The first-order valence-corrected chi connectivity index (χ1v) is 9.62. The van der Waals surface area contributed by atoms with E-state index in [1.807, 2.05) is 0 Å². The van der Waals surface area contributed by atoms with Crippen LogP contribution in [0.5, 0.6) is 0 Å². The van der Waals surface area contributed by atoms with Gasteiger partial charge < -0.3 is 0 Å². The molecule has 1 saturated carbocycles. The Morgan fingerprint density at radius 1 is 1.04 bits per heavy atom. The average molecular weight is 330 g/mol. The Hall–Kier alpha value is -1.89. The van der Waals surface area contributed by atoms with Crippen molar-refractivity contribution in [1.29, 1.82) is 0 Å². The van der Waals surface area contributed by atoms with Gasteiger partial charge in [-0.05, 0) is 58.1 Å². The summed E-state index contributed by atoms with van der Waals surface area (Å²) in [6, 6.07) is 11.6. The van der Waals surface area contributed by atoms with E-state index in [2.05, 4.69) is 57.2 Å². The van der Waals surface area contributed by atoms with Crippen molar-refractivity contribution in [3.63, 3.8) is 0 Å². The maximum atomic E-state index is 12.6. The van der Waals surface area contributed by atoms with Gasteiger partial charge in [0.1, 0.15) is 5.78 Å². The van der Waals surface area contributed by atoms with Crippen LogP contribution in [-0.4, -0.2) is 5.78 Å². The first kappa shape index (κ1) is 15.4. The molecule has 1 heteroatoms. The lowest BCUT2D eigenvalue weighted by Crippen LogP contribution is -2.39. The summed E-state index contributed by atoms with van der Waals surface area (Å²) in [4.78, 5) is 12.6. The summed E-state index contributed by atoms with van der Waals surface area (Å²) in [6.45, 7) is 6.82. The van der Waals surface area contributed by atoms with E-state index in [4.69, 9.17) is 0 Å². The summed E-state index contributed by atoms with van der Waals surface area (Å²) in [7, 11) is 0. The summed E-state index contributed by atoms with van der Waals surface area (Å²) in [5.41, 5.74) is 6.01. The molecule has 1 nitrogen and oxygen atoms in total. The van der Waals surface area contributed by atoms with Crippen molar-refractivity contribution in [1.82, 2.24) is 0 Å². The van der Waals surface area contributed by atoms with Gasteiger partial charge in [0.2, 0.25) is 0 Å². The third-order valence-corrected chi connectivity index (χ3v) is 6.89. The summed E-state index contributed by atoms with van der Waals surface area (Å²) < 4.78 is 0. The fourth-order valence-corrected chi connectivity index (χ4v) is 5.57. The van der Waals surface area contributed by atoms with Crippen LogP contribution < -0.4 is 0 Å². The molecule has 1 fully saturated rings. The number of rotatable bonds is 0. The van der Waals surface area contributed by atoms with Gasteiger partial charge in [-0.2, -0.15) is 0 Å². The van der Waals surface area contributed by atoms with Crippen molar-refractivity contribution in [2.75, 3.05) is 0 Å². The van der Waals surface area contributed by atoms with E-state index in [-0.39, 0.29) is 10.8 Å². The topological polar surface area (TPSA) is 17.1 Å². The summed E-state index contributed by atoms with van der Waals surface area (Å²) >= 11 is 0. The van der Waals surface area contributed by atoms with Crippen LogP contribution in [-0.2, 0) is 22.0 Å². The van der Waals surface area contributed by atoms with Crippen molar-refractivity contribution in [3.05, 3.63) is 58.7 Å². The number of fused-ring (bicyclic) bond motifs is 6. The van der Waals surface area contributed by atoms with Gasteiger partial charge in [-0.15, -0.1) is 0 Å². The molecule has 0 N–H and O–H groups in total. The average Bonchev–Trinajstić information content (AvgIpc) is 3.13. The molecule has 2 aromatic carbocycles. The molecular weight excluding hydrogens is 304 g/mol. The Balaban J connectivity index is 1.73. The highest BCUT2D eigenvalue weighted by Gasteiger charge is 2.51. The third kappa shape index (κ3) is 2.18. The lowest BCUT2D eigenvalue weighted by Gasteiger charge is -2.41. The molecule has 2 atom stereocenters. The van der Waals surface area contributed by atoms with Crippen molar-refractivity contribution < 1.29 is 4.79 Å². The van der Waals surface area contributed by atoms with Crippen molar-refractivity contribution in [2.45, 2.75) is 63.7 Å². The largest absolute Gasteiger partial charge is 0.299 e. The SMILES string of the molecule is CC(C)(C)c1ccc2cc3c(cc2c1)C1(CC(=O)C3)CC2=CCC1C2. The molecule has 0 amide bonds. The fourth-order valence-electron chi connectivity index (χ4n) is 5.57. The molecule has 2 unspecified atom stereocenters. The molecule has 2 bridgehead atoms. The smallest absolute Gasteiger partial charge is 0.138 e. The summed E-state index contributed by atoms with van der Waals surface area (Å²) in [5, 5.41) is 2.62. The van der Waals surface area contributed by atoms with Crippen LogP contribution in [0, 0.1) is 5.92 Å². The number of carbonyl (C=O) groups is 1. The van der Waals surface area contributed by atoms with Crippen LogP contribution in [0.15, 0.2) is 42.0 Å². The van der Waals surface area contributed by atoms with E-state index in [9.17, 15) is 4.79 Å². The summed E-state index contributed by atoms with van der Waals surface area (Å²) in [6.07, 6.45) is 7.30. The fraction of sp³-hybridized carbons (Fsp3) is 0.458. The Kier molecular flexibility index (Phi) is 2.98. The quantitative estimate of drug-likeness (QED) is 0.572. The van der Waals surface area contributed by atoms with E-state index in [1.54, 1.807) is 5.57 Å². The second-order valence-corrected chi connectivity index (χ2v) is 9.55. The Morgan fingerprint density at radius 2 is 1.88 bits per heavy atom. The number of carbonyl (C=O) groups excluding carboxylic acids is 1. The molecule has 3 aliphatic rings. The molecule has 0 heterocycles. The highest BCUT2D eigenvalue weighted by molar-refractivity contribution is 5.91. The van der Waals surface area contributed by atoms with E-state index < -0.39 is 0 Å². The maximum absolute atomic E-state index is 12.6. The molecule has 0 aliphatic heterocycles. The monoisotopic (exact) mass is 330 g/mol. The van der Waals surface area contributed by atoms with Gasteiger partial charge in [-0.25, -0.2) is 0 Å². The number of hydrogen-bond donors (Lipinski definition) is 0. The van der Waals surface area contributed by atoms with Crippen molar-refractivity contribution in [3.8, 4) is 0 Å². The first-order valence-electron chi connectivity index (χ1n) is 9.62. The minimum Gasteiger partial charge on any atom is -0.299 e. The van der Waals surface area contributed by atoms with E-state index >= 15 is 0 Å². The Morgan fingerprint density at radius 3 is 2.56 bits per heavy atom. The van der Waals surface area contributed by atoms with Crippen LogP contribution in [0.25, 0.3) is 10.8 Å². The van der Waals surface area contributed by atoms with Gasteiger partial charge in [0.05, 0.1) is 0 Å². The number of benzene rings is 2. The van der Waals surface area contributed by atoms with Gasteiger partial charge in [-0.1, -0.05) is 62.8 Å². The zero-order valence-electron chi connectivity index (χ0n) is 15.5. The molecule has 3 aliphatic carbocycles. The number of Topliss-reactive ketones (excluding diaryl/α,β-unsaturated/α-hetero) is 1. The number of ketones is 1. The van der Waals surface area contributed by atoms with E-state index in [1.165, 1.54) is 40.3 Å². The molecule has 1 spiro atoms. The van der Waals surface area contributed by atoms with Gasteiger partial charge in [-0.3, -0.25) is 4.79 Å². The van der Waals surface area contributed by atoms with Crippen molar-refractivity contribution in [2.24, 2.45) is 5.92 Å². The normalized spacial score (nSPS) is 27.9. The van der Waals surface area contributed by atoms with Crippen LogP contribution >= 0.6 is 0 Å².